The van der Waals surface area contributed by atoms with Crippen molar-refractivity contribution in [2.75, 3.05) is 38.0 Å². The topological polar surface area (TPSA) is 143 Å². The van der Waals surface area contributed by atoms with Gasteiger partial charge >= 0.3 is 11.7 Å². The molecule has 1 aromatic carbocycles. The predicted octanol–water partition coefficient (Wildman–Crippen LogP) is 2.59. The first-order valence-corrected chi connectivity index (χ1v) is 14.8. The Labute approximate surface area is 255 Å². The van der Waals surface area contributed by atoms with Crippen LogP contribution in [0.3, 0.4) is 0 Å². The number of benzene rings is 1. The molecule has 3 amide bonds. The van der Waals surface area contributed by atoms with Gasteiger partial charge in [-0.1, -0.05) is 19.1 Å². The van der Waals surface area contributed by atoms with Crippen LogP contribution in [0.4, 0.5) is 10.6 Å². The number of amides is 3. The van der Waals surface area contributed by atoms with E-state index in [1.54, 1.807) is 35.9 Å². The summed E-state index contributed by atoms with van der Waals surface area (Å²) in [6.45, 7) is 10.4. The number of urea groups is 1. The van der Waals surface area contributed by atoms with Gasteiger partial charge in [0.25, 0.3) is 0 Å². The normalized spacial score (nSPS) is 20.2. The number of hydrogen-bond acceptors (Lipinski definition) is 7. The van der Waals surface area contributed by atoms with E-state index in [4.69, 9.17) is 11.5 Å². The summed E-state index contributed by atoms with van der Waals surface area (Å²) in [5.74, 6) is 0.0463. The molecule has 2 heterocycles. The molecule has 4 rings (SSSR count). The lowest BCUT2D eigenvalue weighted by atomic mass is 9.89. The molecule has 12 heteroatoms. The number of likely N-dealkylation sites (N-methyl/N-ethyl adjacent to an activating group) is 1. The monoisotopic (exact) mass is 602 g/mol. The lowest BCUT2D eigenvalue weighted by Crippen LogP contribution is -2.58. The van der Waals surface area contributed by atoms with Crippen molar-refractivity contribution in [2.45, 2.75) is 83.5 Å². The lowest BCUT2D eigenvalue weighted by Gasteiger charge is -2.39. The minimum absolute atomic E-state index is 0. The van der Waals surface area contributed by atoms with E-state index in [0.717, 1.165) is 38.6 Å². The van der Waals surface area contributed by atoms with Crippen LogP contribution in [-0.2, 0) is 11.2 Å². The highest BCUT2D eigenvalue weighted by Gasteiger charge is 2.31. The summed E-state index contributed by atoms with van der Waals surface area (Å²) >= 11 is 0. The molecule has 2 fully saturated rings. The van der Waals surface area contributed by atoms with Crippen LogP contribution in [0.2, 0.25) is 0 Å². The summed E-state index contributed by atoms with van der Waals surface area (Å²) in [7, 11) is 0. The van der Waals surface area contributed by atoms with Crippen molar-refractivity contribution in [1.29, 1.82) is 0 Å². The zero-order valence-corrected chi connectivity index (χ0v) is 26.1. The van der Waals surface area contributed by atoms with E-state index in [-0.39, 0.29) is 30.2 Å². The van der Waals surface area contributed by atoms with Crippen molar-refractivity contribution < 1.29 is 9.59 Å². The molecule has 42 heavy (non-hydrogen) atoms. The maximum absolute atomic E-state index is 12.8. The van der Waals surface area contributed by atoms with Gasteiger partial charge in [-0.15, -0.1) is 12.4 Å². The van der Waals surface area contributed by atoms with Crippen LogP contribution < -0.4 is 22.5 Å². The molecule has 1 aromatic heterocycles. The van der Waals surface area contributed by atoms with Crippen LogP contribution in [0.1, 0.15) is 58.9 Å². The summed E-state index contributed by atoms with van der Waals surface area (Å²) in [6, 6.07) is 10.6. The first-order chi connectivity index (χ1) is 19.5. The van der Waals surface area contributed by atoms with E-state index < -0.39 is 11.2 Å². The van der Waals surface area contributed by atoms with Crippen molar-refractivity contribution in [3.05, 3.63) is 52.6 Å². The van der Waals surface area contributed by atoms with Gasteiger partial charge in [0.1, 0.15) is 5.82 Å². The van der Waals surface area contributed by atoms with Crippen LogP contribution in [0.15, 0.2) is 41.3 Å². The summed E-state index contributed by atoms with van der Waals surface area (Å²) in [4.78, 5) is 47.9. The maximum atomic E-state index is 12.8. The zero-order valence-electron chi connectivity index (χ0n) is 25.3. The van der Waals surface area contributed by atoms with E-state index in [0.29, 0.717) is 50.0 Å². The average Bonchev–Trinajstić information content (AvgIpc) is 2.94. The maximum Gasteiger partial charge on any atom is 0.354 e. The number of halogens is 1. The number of anilines is 1. The summed E-state index contributed by atoms with van der Waals surface area (Å²) in [6.07, 6.45) is 7.07. The van der Waals surface area contributed by atoms with Crippen molar-refractivity contribution in [1.82, 2.24) is 24.3 Å². The van der Waals surface area contributed by atoms with Gasteiger partial charge in [-0.25, -0.2) is 9.59 Å². The molecule has 2 aliphatic rings. The largest absolute Gasteiger partial charge is 0.354 e. The van der Waals surface area contributed by atoms with Gasteiger partial charge in [-0.2, -0.15) is 4.98 Å². The Morgan fingerprint density at radius 3 is 2.19 bits per heavy atom. The molecule has 1 saturated carbocycles. The number of nitrogens with two attached hydrogens (primary N) is 2. The highest BCUT2D eigenvalue weighted by Crippen LogP contribution is 2.25. The van der Waals surface area contributed by atoms with Crippen molar-refractivity contribution in [3.63, 3.8) is 0 Å². The molecule has 1 aliphatic heterocycles. The van der Waals surface area contributed by atoms with Crippen molar-refractivity contribution >= 4 is 30.2 Å². The fourth-order valence-electron chi connectivity index (χ4n) is 5.99. The Kier molecular flexibility index (Phi) is 11.5. The Morgan fingerprint density at radius 1 is 1.05 bits per heavy atom. The van der Waals surface area contributed by atoms with E-state index in [1.165, 1.54) is 10.1 Å². The number of rotatable bonds is 8. The predicted molar refractivity (Wildman–Crippen MR) is 168 cm³/mol. The molecule has 0 bridgehead atoms. The van der Waals surface area contributed by atoms with Gasteiger partial charge in [0, 0.05) is 50.5 Å². The second-order valence-electron chi connectivity index (χ2n) is 12.0. The number of nitrogens with zero attached hydrogens (tertiary/aromatic N) is 5. The van der Waals surface area contributed by atoms with Gasteiger partial charge in [0.15, 0.2) is 0 Å². The molecule has 1 aliphatic carbocycles. The van der Waals surface area contributed by atoms with Crippen molar-refractivity contribution in [2.24, 2.45) is 11.5 Å². The van der Waals surface area contributed by atoms with E-state index in [2.05, 4.69) is 41.2 Å². The fourth-order valence-corrected chi connectivity index (χ4v) is 5.99. The third-order valence-electron chi connectivity index (χ3n) is 8.33. The van der Waals surface area contributed by atoms with Gasteiger partial charge in [-0.05, 0) is 83.2 Å². The Balaban J connectivity index is 0.00000484. The summed E-state index contributed by atoms with van der Waals surface area (Å²) in [5.41, 5.74) is 12.5. The number of hydrogen-bond donors (Lipinski definition) is 3. The van der Waals surface area contributed by atoms with Gasteiger partial charge < -0.3 is 21.3 Å². The first kappa shape index (κ1) is 33.5. The van der Waals surface area contributed by atoms with Gasteiger partial charge in [-0.3, -0.25) is 19.6 Å². The van der Waals surface area contributed by atoms with Crippen LogP contribution >= 0.6 is 12.4 Å². The van der Waals surface area contributed by atoms with Crippen LogP contribution in [0.25, 0.3) is 5.69 Å². The molecule has 0 radical (unpaired) electrons. The van der Waals surface area contributed by atoms with Gasteiger partial charge in [0.2, 0.25) is 5.91 Å². The average molecular weight is 603 g/mol. The van der Waals surface area contributed by atoms with E-state index in [9.17, 15) is 14.4 Å². The molecule has 0 spiro atoms. The summed E-state index contributed by atoms with van der Waals surface area (Å²) in [5, 5.41) is 2.70. The highest BCUT2D eigenvalue weighted by molar-refractivity contribution is 5.89. The van der Waals surface area contributed by atoms with Crippen LogP contribution in [0, 0.1) is 0 Å². The second-order valence-corrected chi connectivity index (χ2v) is 12.0. The van der Waals surface area contributed by atoms with Crippen molar-refractivity contribution in [3.8, 4) is 5.69 Å². The second kappa shape index (κ2) is 14.5. The molecular formula is C30H47ClN8O3. The van der Waals surface area contributed by atoms with E-state index >= 15 is 0 Å². The third kappa shape index (κ3) is 8.31. The molecule has 1 atom stereocenters. The number of piperazine rings is 1. The van der Waals surface area contributed by atoms with Gasteiger partial charge in [0.05, 0.1) is 11.2 Å². The third-order valence-corrected chi connectivity index (χ3v) is 8.33. The molecule has 232 valence electrons. The lowest BCUT2D eigenvalue weighted by molar-refractivity contribution is -0.137. The molecule has 1 unspecified atom stereocenters. The smallest absolute Gasteiger partial charge is 0.338 e. The Bertz CT molecular complexity index is 1250. The number of aromatic nitrogens is 2. The summed E-state index contributed by atoms with van der Waals surface area (Å²) < 4.78 is 1.46. The zero-order chi connectivity index (χ0) is 29.7. The number of nitrogens with one attached hydrogen (secondary N) is 1. The number of carbonyl (C=O) groups excluding carboxylic acids is 2. The molecule has 1 saturated heterocycles. The first-order valence-electron chi connectivity index (χ1n) is 14.8. The quantitative estimate of drug-likeness (QED) is 0.421. The fraction of sp³-hybridized carbons (Fsp3) is 0.600. The number of carbonyl (C=O) groups is 2. The molecule has 2 aromatic rings. The minimum atomic E-state index is -0.947. The minimum Gasteiger partial charge on any atom is -0.338 e. The van der Waals surface area contributed by atoms with Crippen LogP contribution in [0.5, 0.6) is 0 Å². The Hall–Kier alpha value is -2.99. The molecule has 11 nitrogen and oxygen atoms in total. The SMILES string of the molecule is CCN(C(C)Cc1ccc(-n2ccc(NC(=O)N3CCN(C(=O)C(C)(C)N)CC3)nc2=O)cc1)[C@H]1CC[C@H](N)CC1.Cl. The standard InChI is InChI=1S/C30H46N8O3.ClH/c1-5-37(24-12-8-23(31)9-13-24)21(2)20-22-6-10-25(11-7-22)38-15-14-26(34-29(38)41)33-28(40)36-18-16-35(17-19-36)27(39)30(3,4)32;/h6-7,10-11,14-15,21,23-24H,5,8-9,12-13,16-20,31-32H2,1-4H3,(H,33,34,40,41);1H/t21?,23-,24-;. The molecular weight excluding hydrogens is 556 g/mol. The van der Waals surface area contributed by atoms with Crippen LogP contribution in [-0.4, -0.2) is 92.6 Å². The molecule has 5 N–H and O–H groups in total. The Morgan fingerprint density at radius 2 is 1.64 bits per heavy atom. The van der Waals surface area contributed by atoms with E-state index in [1.807, 2.05) is 12.1 Å². The highest BCUT2D eigenvalue weighted by atomic mass is 35.5.